The highest BCUT2D eigenvalue weighted by Gasteiger charge is 2.13. The molecule has 2 amide bonds. The van der Waals surface area contributed by atoms with E-state index in [9.17, 15) is 9.59 Å². The number of hydrogen-bond acceptors (Lipinski definition) is 4. The van der Waals surface area contributed by atoms with E-state index in [-0.39, 0.29) is 6.54 Å². The zero-order chi connectivity index (χ0) is 19.6. The van der Waals surface area contributed by atoms with Crippen LogP contribution in [0.1, 0.15) is 30.5 Å². The van der Waals surface area contributed by atoms with E-state index in [4.69, 9.17) is 5.26 Å². The number of benzene rings is 2. The molecule has 0 atom stereocenters. The van der Waals surface area contributed by atoms with Crippen molar-refractivity contribution in [1.82, 2.24) is 10.2 Å². The minimum atomic E-state index is -0.761. The minimum Gasteiger partial charge on any atom is -0.344 e. The van der Waals surface area contributed by atoms with E-state index in [0.717, 1.165) is 25.2 Å². The second kappa shape index (κ2) is 10.1. The van der Waals surface area contributed by atoms with Crippen molar-refractivity contribution in [3.05, 3.63) is 65.2 Å². The summed E-state index contributed by atoms with van der Waals surface area (Å²) in [6.45, 7) is 7.44. The molecule has 0 bridgehead atoms. The third-order valence-corrected chi connectivity index (χ3v) is 4.23. The molecule has 0 saturated heterocycles. The van der Waals surface area contributed by atoms with Gasteiger partial charge in [-0.05, 0) is 42.4 Å². The van der Waals surface area contributed by atoms with Gasteiger partial charge in [-0.3, -0.25) is 14.5 Å². The maximum atomic E-state index is 12.0. The van der Waals surface area contributed by atoms with Crippen molar-refractivity contribution in [1.29, 1.82) is 5.26 Å². The monoisotopic (exact) mass is 364 g/mol. The quantitative estimate of drug-likeness (QED) is 0.740. The number of rotatable bonds is 7. The molecule has 2 N–H and O–H groups in total. The lowest BCUT2D eigenvalue weighted by atomic mass is 10.1. The van der Waals surface area contributed by atoms with Crippen molar-refractivity contribution < 1.29 is 9.59 Å². The summed E-state index contributed by atoms with van der Waals surface area (Å²) in [5.74, 6) is -1.48. The molecule has 0 heterocycles. The molecule has 0 aliphatic carbocycles. The molecule has 0 spiro atoms. The predicted molar refractivity (Wildman–Crippen MR) is 105 cm³/mol. The highest BCUT2D eigenvalue weighted by atomic mass is 16.2. The van der Waals surface area contributed by atoms with Crippen LogP contribution in [0.25, 0.3) is 0 Å². The number of nitrogens with zero attached hydrogens (tertiary/aromatic N) is 2. The van der Waals surface area contributed by atoms with Gasteiger partial charge >= 0.3 is 11.8 Å². The zero-order valence-electron chi connectivity index (χ0n) is 15.7. The second-order valence-corrected chi connectivity index (χ2v) is 6.11. The van der Waals surface area contributed by atoms with Crippen LogP contribution in [0, 0.1) is 11.3 Å². The van der Waals surface area contributed by atoms with Crippen LogP contribution in [0.2, 0.25) is 0 Å². The van der Waals surface area contributed by atoms with E-state index in [2.05, 4.69) is 29.4 Å². The summed E-state index contributed by atoms with van der Waals surface area (Å²) in [5, 5.41) is 14.0. The molecule has 0 unspecified atom stereocenters. The maximum absolute atomic E-state index is 12.0. The summed E-state index contributed by atoms with van der Waals surface area (Å²) in [5.41, 5.74) is 2.96. The summed E-state index contributed by atoms with van der Waals surface area (Å²) in [6, 6.07) is 16.4. The van der Waals surface area contributed by atoms with E-state index >= 15 is 0 Å². The smallest absolute Gasteiger partial charge is 0.313 e. The van der Waals surface area contributed by atoms with E-state index in [1.54, 1.807) is 18.2 Å². The molecule has 140 valence electrons. The Morgan fingerprint density at radius 3 is 2.30 bits per heavy atom. The van der Waals surface area contributed by atoms with Crippen LogP contribution in [0.3, 0.4) is 0 Å². The summed E-state index contributed by atoms with van der Waals surface area (Å²) in [7, 11) is 0. The molecule has 0 aliphatic heterocycles. The Labute approximate surface area is 159 Å². The van der Waals surface area contributed by atoms with E-state index < -0.39 is 11.8 Å². The molecule has 0 radical (unpaired) electrons. The Morgan fingerprint density at radius 1 is 1.00 bits per heavy atom. The SMILES string of the molecule is CCN(CC)Cc1ccc(CNC(=O)C(=O)Nc2cccc(C#N)c2)cc1. The van der Waals surface area contributed by atoms with Crippen LogP contribution < -0.4 is 10.6 Å². The standard InChI is InChI=1S/C21H24N4O2/c1-3-25(4-2)15-17-10-8-16(9-11-17)14-23-20(26)21(27)24-19-7-5-6-18(12-19)13-22/h5-12H,3-4,14-15H2,1-2H3,(H,23,26)(H,24,27). The highest BCUT2D eigenvalue weighted by molar-refractivity contribution is 6.39. The van der Waals surface area contributed by atoms with E-state index in [1.165, 1.54) is 11.6 Å². The third kappa shape index (κ3) is 6.24. The Kier molecular flexibility index (Phi) is 7.53. The topological polar surface area (TPSA) is 85.2 Å². The number of amides is 2. The van der Waals surface area contributed by atoms with Gasteiger partial charge in [0.1, 0.15) is 0 Å². The van der Waals surface area contributed by atoms with Crippen LogP contribution in [0.4, 0.5) is 5.69 Å². The molecule has 0 aliphatic rings. The zero-order valence-corrected chi connectivity index (χ0v) is 15.7. The fraction of sp³-hybridized carbons (Fsp3) is 0.286. The van der Waals surface area contributed by atoms with Gasteiger partial charge in [-0.1, -0.05) is 44.2 Å². The van der Waals surface area contributed by atoms with Crippen molar-refractivity contribution in [3.63, 3.8) is 0 Å². The summed E-state index contributed by atoms with van der Waals surface area (Å²) in [6.07, 6.45) is 0. The van der Waals surface area contributed by atoms with Gasteiger partial charge < -0.3 is 10.6 Å². The van der Waals surface area contributed by atoms with Crippen molar-refractivity contribution in [2.24, 2.45) is 0 Å². The third-order valence-electron chi connectivity index (χ3n) is 4.23. The van der Waals surface area contributed by atoms with Crippen LogP contribution in [-0.4, -0.2) is 29.8 Å². The molecule has 0 saturated carbocycles. The first kappa shape index (κ1) is 20.1. The molecule has 27 heavy (non-hydrogen) atoms. The molecular formula is C21H24N4O2. The first-order chi connectivity index (χ1) is 13.0. The lowest BCUT2D eigenvalue weighted by Crippen LogP contribution is -2.34. The number of carbonyl (C=O) groups is 2. The average Bonchev–Trinajstić information content (AvgIpc) is 2.71. The fourth-order valence-electron chi connectivity index (χ4n) is 2.58. The van der Waals surface area contributed by atoms with Crippen molar-refractivity contribution >= 4 is 17.5 Å². The number of nitrogens with one attached hydrogen (secondary N) is 2. The predicted octanol–water partition coefficient (Wildman–Crippen LogP) is 2.65. The Morgan fingerprint density at radius 2 is 1.67 bits per heavy atom. The number of anilines is 1. The minimum absolute atomic E-state index is 0.274. The van der Waals surface area contributed by atoms with Gasteiger partial charge in [0, 0.05) is 18.8 Å². The fourth-order valence-corrected chi connectivity index (χ4v) is 2.58. The van der Waals surface area contributed by atoms with Crippen molar-refractivity contribution in [2.75, 3.05) is 18.4 Å². The molecule has 2 aromatic rings. The first-order valence-corrected chi connectivity index (χ1v) is 8.95. The number of carbonyl (C=O) groups excluding carboxylic acids is 2. The lowest BCUT2D eigenvalue weighted by Gasteiger charge is -2.18. The Hall–Kier alpha value is -3.17. The van der Waals surface area contributed by atoms with E-state index in [0.29, 0.717) is 11.3 Å². The molecule has 2 aromatic carbocycles. The van der Waals surface area contributed by atoms with Gasteiger partial charge in [0.25, 0.3) is 0 Å². The van der Waals surface area contributed by atoms with Gasteiger partial charge in [0.15, 0.2) is 0 Å². The molecule has 2 rings (SSSR count). The Balaban J connectivity index is 1.85. The van der Waals surface area contributed by atoms with Crippen LogP contribution >= 0.6 is 0 Å². The highest BCUT2D eigenvalue weighted by Crippen LogP contribution is 2.10. The maximum Gasteiger partial charge on any atom is 0.313 e. The van der Waals surface area contributed by atoms with Crippen molar-refractivity contribution in [2.45, 2.75) is 26.9 Å². The molecular weight excluding hydrogens is 340 g/mol. The lowest BCUT2D eigenvalue weighted by molar-refractivity contribution is -0.136. The number of nitriles is 1. The van der Waals surface area contributed by atoms with Gasteiger partial charge in [0.2, 0.25) is 0 Å². The van der Waals surface area contributed by atoms with E-state index in [1.807, 2.05) is 30.3 Å². The van der Waals surface area contributed by atoms with Crippen LogP contribution in [0.15, 0.2) is 48.5 Å². The normalized spacial score (nSPS) is 10.3. The average molecular weight is 364 g/mol. The summed E-state index contributed by atoms with van der Waals surface area (Å²) in [4.78, 5) is 26.3. The van der Waals surface area contributed by atoms with Crippen LogP contribution in [0.5, 0.6) is 0 Å². The summed E-state index contributed by atoms with van der Waals surface area (Å²) < 4.78 is 0. The van der Waals surface area contributed by atoms with Crippen molar-refractivity contribution in [3.8, 4) is 6.07 Å². The first-order valence-electron chi connectivity index (χ1n) is 8.95. The molecule has 0 aromatic heterocycles. The van der Waals surface area contributed by atoms with Gasteiger partial charge in [-0.25, -0.2) is 0 Å². The molecule has 6 heteroatoms. The van der Waals surface area contributed by atoms with Gasteiger partial charge in [0.05, 0.1) is 11.6 Å². The summed E-state index contributed by atoms with van der Waals surface area (Å²) >= 11 is 0. The molecule has 0 fully saturated rings. The van der Waals surface area contributed by atoms with Gasteiger partial charge in [-0.2, -0.15) is 5.26 Å². The Bertz CT molecular complexity index is 821. The second-order valence-electron chi connectivity index (χ2n) is 6.11. The van der Waals surface area contributed by atoms with Gasteiger partial charge in [-0.15, -0.1) is 0 Å². The largest absolute Gasteiger partial charge is 0.344 e. The molecule has 6 nitrogen and oxygen atoms in total. The van der Waals surface area contributed by atoms with Crippen LogP contribution in [-0.2, 0) is 22.7 Å². The number of hydrogen-bond donors (Lipinski definition) is 2.